The summed E-state index contributed by atoms with van der Waals surface area (Å²) in [5.41, 5.74) is 9.87. The number of likely N-dealkylation sites (tertiary alicyclic amines) is 1. The van der Waals surface area contributed by atoms with Crippen molar-refractivity contribution in [3.8, 4) is 33.5 Å². The first-order valence-electron chi connectivity index (χ1n) is 22.5. The molecule has 63 heavy (non-hydrogen) atoms. The number of rotatable bonds is 11. The van der Waals surface area contributed by atoms with E-state index in [1.54, 1.807) is 0 Å². The molecule has 2 aliphatic carbocycles. The highest BCUT2D eigenvalue weighted by Crippen LogP contribution is 2.40. The number of fused-ring (bicyclic) bond motifs is 4. The van der Waals surface area contributed by atoms with Crippen molar-refractivity contribution in [1.29, 1.82) is 0 Å². The number of hydrogen-bond donors (Lipinski definition) is 5. The molecule has 3 aliphatic rings. The van der Waals surface area contributed by atoms with E-state index in [4.69, 9.17) is 19.4 Å². The Morgan fingerprint density at radius 1 is 0.730 bits per heavy atom. The van der Waals surface area contributed by atoms with Gasteiger partial charge in [-0.3, -0.25) is 9.59 Å². The zero-order valence-corrected chi connectivity index (χ0v) is 37.2. The molecule has 1 saturated carbocycles. The topological polar surface area (TPSA) is 183 Å². The average molecular weight is 857 g/mol. The zero-order chi connectivity index (χ0) is 44.4. The monoisotopic (exact) mass is 856 g/mol. The summed E-state index contributed by atoms with van der Waals surface area (Å²) in [5, 5.41) is 8.76. The van der Waals surface area contributed by atoms with E-state index in [2.05, 4.69) is 80.5 Å². The second-order valence-corrected chi connectivity index (χ2v) is 18.1. The van der Waals surface area contributed by atoms with Crippen LogP contribution in [0, 0.1) is 11.8 Å². The fraction of sp³-hybridized carbons (Fsp3) is 0.469. The molecule has 1 unspecified atom stereocenters. The molecule has 4 amide bonds. The number of aryl methyl sites for hydroxylation is 2. The molecule has 0 bridgehead atoms. The Kier molecular flexibility index (Phi) is 12.6. The Balaban J connectivity index is 0.999. The number of alkyl carbamates (subject to hydrolysis) is 2. The molecule has 14 heteroatoms. The third kappa shape index (κ3) is 8.90. The summed E-state index contributed by atoms with van der Waals surface area (Å²) < 4.78 is 9.62. The predicted octanol–water partition coefficient (Wildman–Crippen LogP) is 8.48. The van der Waals surface area contributed by atoms with Gasteiger partial charge in [0.25, 0.3) is 0 Å². The number of nitrogens with one attached hydrogen (secondary N) is 5. The Labute approximate surface area is 368 Å². The third-order valence-electron chi connectivity index (χ3n) is 13.2. The van der Waals surface area contributed by atoms with Gasteiger partial charge in [-0.15, -0.1) is 0 Å². The van der Waals surface area contributed by atoms with Gasteiger partial charge >= 0.3 is 12.2 Å². The lowest BCUT2D eigenvalue weighted by molar-refractivity contribution is -0.135. The van der Waals surface area contributed by atoms with E-state index in [1.807, 2.05) is 38.7 Å². The van der Waals surface area contributed by atoms with Crippen LogP contribution in [0.25, 0.3) is 44.5 Å². The van der Waals surface area contributed by atoms with Crippen molar-refractivity contribution >= 4 is 35.0 Å². The molecule has 3 heterocycles. The first-order valence-corrected chi connectivity index (χ1v) is 22.5. The number of carbonyl (C=O) groups is 4. The summed E-state index contributed by atoms with van der Waals surface area (Å²) in [7, 11) is 2.60. The Morgan fingerprint density at radius 3 is 2.03 bits per heavy atom. The van der Waals surface area contributed by atoms with Crippen LogP contribution in [0.4, 0.5) is 9.59 Å². The fourth-order valence-electron chi connectivity index (χ4n) is 9.73. The molecule has 8 rings (SSSR count). The van der Waals surface area contributed by atoms with Crippen molar-refractivity contribution in [3.63, 3.8) is 0 Å². The Bertz CT molecular complexity index is 2480. The minimum atomic E-state index is -0.741. The quantitative estimate of drug-likeness (QED) is 0.0876. The molecular weight excluding hydrogens is 797 g/mol. The zero-order valence-electron chi connectivity index (χ0n) is 37.2. The van der Waals surface area contributed by atoms with Gasteiger partial charge in [-0.05, 0) is 96.7 Å². The van der Waals surface area contributed by atoms with E-state index >= 15 is 0 Å². The maximum atomic E-state index is 13.8. The molecule has 2 aromatic heterocycles. The average Bonchev–Trinajstić information content (AvgIpc) is 4.04. The van der Waals surface area contributed by atoms with Gasteiger partial charge in [0, 0.05) is 17.8 Å². The molecular formula is C49H60N8O6. The lowest BCUT2D eigenvalue weighted by Gasteiger charge is -2.38. The van der Waals surface area contributed by atoms with Crippen LogP contribution in [0.3, 0.4) is 0 Å². The van der Waals surface area contributed by atoms with E-state index < -0.39 is 29.8 Å². The number of imidazole rings is 2. The number of benzene rings is 3. The number of hydrogen-bond acceptors (Lipinski definition) is 8. The van der Waals surface area contributed by atoms with Crippen LogP contribution in [-0.2, 0) is 37.4 Å². The standard InChI is InChI=1S/C49H60N8O6/c1-28(2)40(54-47(60)62-5)44(58)56-49(23-8-7-9-24-49)46-51-36-22-20-33(27-38(36)52-46)31-17-15-30(16-18-31)32-19-21-35-34(26-32)12-10-13-37-42(35)53-43(50-37)39-14-11-25-57(39)45(59)41(29(3)4)55-48(61)63-6/h15-22,26-29,39-41H,7-14,23-25H2,1-6H3,(H,50,53)(H,51,52)(H,54,60)(H,55,61)(H,56,58)/t39-,40?,41-/m0/s1. The van der Waals surface area contributed by atoms with Crippen molar-refractivity contribution in [2.75, 3.05) is 20.8 Å². The molecule has 5 aromatic rings. The number of H-pyrrole nitrogens is 2. The predicted molar refractivity (Wildman–Crippen MR) is 241 cm³/mol. The molecule has 0 spiro atoms. The lowest BCUT2D eigenvalue weighted by Crippen LogP contribution is -2.56. The maximum absolute atomic E-state index is 13.8. The van der Waals surface area contributed by atoms with Gasteiger partial charge in [0.05, 0.1) is 42.5 Å². The van der Waals surface area contributed by atoms with E-state index in [1.165, 1.54) is 19.8 Å². The molecule has 5 N–H and O–H groups in total. The Hall–Kier alpha value is -6.18. The van der Waals surface area contributed by atoms with Crippen LogP contribution in [0.15, 0.2) is 60.7 Å². The van der Waals surface area contributed by atoms with Crippen LogP contribution in [0.2, 0.25) is 0 Å². The highest BCUT2D eigenvalue weighted by molar-refractivity contribution is 5.88. The van der Waals surface area contributed by atoms with Crippen LogP contribution in [0.1, 0.15) is 108 Å². The summed E-state index contributed by atoms with van der Waals surface area (Å²) in [4.78, 5) is 70.9. The van der Waals surface area contributed by atoms with Crippen LogP contribution in [-0.4, -0.2) is 81.7 Å². The normalized spacial score (nSPS) is 18.0. The van der Waals surface area contributed by atoms with Crippen molar-refractivity contribution in [3.05, 3.63) is 83.6 Å². The molecule has 3 atom stereocenters. The fourth-order valence-corrected chi connectivity index (χ4v) is 9.73. The lowest BCUT2D eigenvalue weighted by atomic mass is 9.80. The van der Waals surface area contributed by atoms with E-state index in [0.717, 1.165) is 126 Å². The number of ether oxygens (including phenoxy) is 2. The number of carbonyl (C=O) groups excluding carboxylic acids is 4. The summed E-state index contributed by atoms with van der Waals surface area (Å²) in [6.07, 6.45) is 7.71. The van der Waals surface area contributed by atoms with Crippen molar-refractivity contribution in [1.82, 2.24) is 40.8 Å². The molecule has 0 radical (unpaired) electrons. The van der Waals surface area contributed by atoms with Gasteiger partial charge in [0.2, 0.25) is 11.8 Å². The van der Waals surface area contributed by atoms with Crippen molar-refractivity contribution < 1.29 is 28.7 Å². The largest absolute Gasteiger partial charge is 0.453 e. The third-order valence-corrected chi connectivity index (χ3v) is 13.2. The molecule has 1 saturated heterocycles. The van der Waals surface area contributed by atoms with Crippen LogP contribution in [0.5, 0.6) is 0 Å². The van der Waals surface area contributed by atoms with Crippen LogP contribution >= 0.6 is 0 Å². The van der Waals surface area contributed by atoms with Gasteiger partial charge in [-0.1, -0.05) is 95.5 Å². The van der Waals surface area contributed by atoms with E-state index in [9.17, 15) is 19.2 Å². The molecule has 1 aliphatic heterocycles. The van der Waals surface area contributed by atoms with Gasteiger partial charge in [0.1, 0.15) is 23.7 Å². The molecule has 332 valence electrons. The summed E-state index contributed by atoms with van der Waals surface area (Å²) >= 11 is 0. The van der Waals surface area contributed by atoms with Crippen molar-refractivity contribution in [2.24, 2.45) is 11.8 Å². The number of amides is 4. The van der Waals surface area contributed by atoms with E-state index in [0.29, 0.717) is 6.54 Å². The first kappa shape index (κ1) is 43.5. The highest BCUT2D eigenvalue weighted by atomic mass is 16.5. The first-order chi connectivity index (χ1) is 30.4. The second-order valence-electron chi connectivity index (χ2n) is 18.1. The minimum absolute atomic E-state index is 0.101. The summed E-state index contributed by atoms with van der Waals surface area (Å²) in [6.45, 7) is 8.26. The summed E-state index contributed by atoms with van der Waals surface area (Å²) in [5.74, 6) is 0.935. The van der Waals surface area contributed by atoms with Gasteiger partial charge in [-0.2, -0.15) is 0 Å². The van der Waals surface area contributed by atoms with Crippen molar-refractivity contribution in [2.45, 2.75) is 116 Å². The Morgan fingerprint density at radius 2 is 1.37 bits per heavy atom. The smallest absolute Gasteiger partial charge is 0.407 e. The van der Waals surface area contributed by atoms with Crippen LogP contribution < -0.4 is 16.0 Å². The number of methoxy groups -OCH3 is 2. The second kappa shape index (κ2) is 18.3. The van der Waals surface area contributed by atoms with Gasteiger partial charge < -0.3 is 40.3 Å². The molecule has 2 fully saturated rings. The minimum Gasteiger partial charge on any atom is -0.453 e. The number of aromatic amines is 2. The number of aromatic nitrogens is 4. The van der Waals surface area contributed by atoms with Gasteiger partial charge in [0.15, 0.2) is 0 Å². The highest BCUT2D eigenvalue weighted by Gasteiger charge is 2.41. The van der Waals surface area contributed by atoms with E-state index in [-0.39, 0.29) is 29.7 Å². The number of nitrogens with zero attached hydrogens (tertiary/aromatic N) is 3. The maximum Gasteiger partial charge on any atom is 0.407 e. The van der Waals surface area contributed by atoms with Gasteiger partial charge in [-0.25, -0.2) is 19.6 Å². The molecule has 14 nitrogen and oxygen atoms in total. The molecule has 3 aromatic carbocycles. The SMILES string of the molecule is COC(=O)NC(C(=O)NC1(c2nc3ccc(-c4ccc(-c5ccc6c(c5)CCCc5[nH]c([C@@H]7CCCN7C(=O)[C@@H](NC(=O)OC)C(C)C)nc5-6)cc4)cc3[nH]2)CCCCC1)C(C)C. The summed E-state index contributed by atoms with van der Waals surface area (Å²) in [6, 6.07) is 19.9.